The quantitative estimate of drug-likeness (QED) is 0.672. The van der Waals surface area contributed by atoms with Gasteiger partial charge in [0.2, 0.25) is 5.17 Å². The molecule has 154 valence electrons. The maximum atomic E-state index is 12.7. The number of amides is 1. The van der Waals surface area contributed by atoms with Crippen LogP contribution in [0, 0.1) is 19.3 Å². The van der Waals surface area contributed by atoms with Crippen molar-refractivity contribution in [3.8, 4) is 0 Å². The van der Waals surface area contributed by atoms with Gasteiger partial charge in [0.05, 0.1) is 5.57 Å². The van der Waals surface area contributed by atoms with E-state index in [9.17, 15) is 4.79 Å². The molecule has 0 saturated carbocycles. The zero-order chi connectivity index (χ0) is 21.3. The summed E-state index contributed by atoms with van der Waals surface area (Å²) in [6.07, 6.45) is 4.73. The molecule has 2 aromatic rings. The molecule has 7 heteroatoms. The zero-order valence-corrected chi connectivity index (χ0v) is 18.3. The summed E-state index contributed by atoms with van der Waals surface area (Å²) in [5, 5.41) is 16.0. The Labute approximate surface area is 180 Å². The lowest BCUT2D eigenvalue weighted by atomic mass is 10.1. The van der Waals surface area contributed by atoms with Crippen molar-refractivity contribution in [2.45, 2.75) is 46.6 Å². The van der Waals surface area contributed by atoms with Crippen molar-refractivity contribution in [1.82, 2.24) is 9.58 Å². The minimum atomic E-state index is -0.376. The van der Waals surface area contributed by atoms with Crippen LogP contribution in [0.3, 0.4) is 0 Å². The highest BCUT2D eigenvalue weighted by atomic mass is 32.2. The molecular formula is C23H25N5OS. The molecule has 1 amide bonds. The Balaban J connectivity index is 1.62. The van der Waals surface area contributed by atoms with Gasteiger partial charge in [-0.25, -0.2) is 0 Å². The fourth-order valence-corrected chi connectivity index (χ4v) is 4.53. The molecule has 6 nitrogen and oxygen atoms in total. The first-order valence-electron chi connectivity index (χ1n) is 10.2. The molecule has 0 unspecified atom stereocenters. The van der Waals surface area contributed by atoms with Crippen LogP contribution in [-0.4, -0.2) is 31.5 Å². The Kier molecular flexibility index (Phi) is 5.72. The van der Waals surface area contributed by atoms with Crippen molar-refractivity contribution < 1.29 is 4.79 Å². The molecule has 0 saturated heterocycles. The first-order chi connectivity index (χ1) is 14.5. The molecule has 1 N–H and O–H groups in total. The number of aliphatic imine (C=N–C) groups is 1. The van der Waals surface area contributed by atoms with Gasteiger partial charge in [0.25, 0.3) is 5.91 Å². The zero-order valence-electron chi connectivity index (χ0n) is 17.5. The maximum absolute atomic E-state index is 12.7. The Morgan fingerprint density at radius 1 is 1.20 bits per heavy atom. The Bertz CT molecular complexity index is 1090. The largest absolute Gasteiger partial charge is 0.344 e. The molecule has 1 aromatic carbocycles. The molecule has 0 atom stereocenters. The van der Waals surface area contributed by atoms with Gasteiger partial charge >= 0.3 is 0 Å². The lowest BCUT2D eigenvalue weighted by molar-refractivity contribution is -0.114. The summed E-state index contributed by atoms with van der Waals surface area (Å²) in [6, 6.07) is 12.3. The molecule has 30 heavy (non-hydrogen) atoms. The SMILES string of the molecule is CCCCC1=NN2C(=N)C(=Cc3cc(C)n(Cc4ccccc4)c3C)C(=O)N=C2S1. The number of amidine groups is 2. The summed E-state index contributed by atoms with van der Waals surface area (Å²) in [7, 11) is 0. The summed E-state index contributed by atoms with van der Waals surface area (Å²) in [4.78, 5) is 16.9. The second-order valence-corrected chi connectivity index (χ2v) is 8.56. The molecule has 2 aliphatic rings. The van der Waals surface area contributed by atoms with Crippen LogP contribution in [-0.2, 0) is 11.3 Å². The van der Waals surface area contributed by atoms with Crippen molar-refractivity contribution in [2.75, 3.05) is 0 Å². The van der Waals surface area contributed by atoms with Gasteiger partial charge in [-0.3, -0.25) is 10.2 Å². The fraction of sp³-hybridized carbons (Fsp3) is 0.304. The summed E-state index contributed by atoms with van der Waals surface area (Å²) < 4.78 is 2.22. The van der Waals surface area contributed by atoms with Gasteiger partial charge in [-0.2, -0.15) is 15.1 Å². The van der Waals surface area contributed by atoms with E-state index >= 15 is 0 Å². The fourth-order valence-electron chi connectivity index (χ4n) is 3.60. The lowest BCUT2D eigenvalue weighted by Gasteiger charge is -2.20. The third kappa shape index (κ3) is 3.89. The number of aromatic nitrogens is 1. The topological polar surface area (TPSA) is 73.8 Å². The van der Waals surface area contributed by atoms with E-state index in [1.807, 2.05) is 25.1 Å². The number of rotatable bonds is 6. The number of hydrogen-bond acceptors (Lipinski definition) is 4. The van der Waals surface area contributed by atoms with Gasteiger partial charge in [-0.05, 0) is 61.7 Å². The number of nitrogens with zero attached hydrogens (tertiary/aromatic N) is 4. The molecule has 0 spiro atoms. The summed E-state index contributed by atoms with van der Waals surface area (Å²) in [5.41, 5.74) is 4.59. The number of thioether (sulfide) groups is 1. The van der Waals surface area contributed by atoms with Crippen molar-refractivity contribution >= 4 is 39.8 Å². The van der Waals surface area contributed by atoms with Crippen LogP contribution in [0.5, 0.6) is 0 Å². The van der Waals surface area contributed by atoms with Crippen LogP contribution in [0.2, 0.25) is 0 Å². The van der Waals surface area contributed by atoms with Crippen molar-refractivity contribution in [3.05, 3.63) is 64.5 Å². The highest BCUT2D eigenvalue weighted by Crippen LogP contribution is 2.30. The second kappa shape index (κ2) is 8.44. The molecule has 3 heterocycles. The van der Waals surface area contributed by atoms with E-state index in [1.165, 1.54) is 22.3 Å². The number of hydrogen-bond donors (Lipinski definition) is 1. The Morgan fingerprint density at radius 2 is 1.97 bits per heavy atom. The van der Waals surface area contributed by atoms with Crippen molar-refractivity contribution in [3.63, 3.8) is 0 Å². The Morgan fingerprint density at radius 3 is 2.70 bits per heavy atom. The number of fused-ring (bicyclic) bond motifs is 1. The van der Waals surface area contributed by atoms with E-state index in [0.29, 0.717) is 5.17 Å². The highest BCUT2D eigenvalue weighted by molar-refractivity contribution is 8.26. The van der Waals surface area contributed by atoms with Crippen LogP contribution in [0.15, 0.2) is 52.1 Å². The Hall–Kier alpha value is -2.93. The third-order valence-electron chi connectivity index (χ3n) is 5.34. The first-order valence-corrected chi connectivity index (χ1v) is 11.0. The van der Waals surface area contributed by atoms with Crippen LogP contribution >= 0.6 is 11.8 Å². The van der Waals surface area contributed by atoms with Gasteiger partial charge in [0, 0.05) is 17.9 Å². The number of benzene rings is 1. The molecule has 0 fully saturated rings. The maximum Gasteiger partial charge on any atom is 0.283 e. The van der Waals surface area contributed by atoms with Gasteiger partial charge in [-0.15, -0.1) is 0 Å². The minimum absolute atomic E-state index is 0.0943. The molecule has 1 aromatic heterocycles. The summed E-state index contributed by atoms with van der Waals surface area (Å²) in [6.45, 7) is 7.00. The monoisotopic (exact) mass is 419 g/mol. The predicted octanol–water partition coefficient (Wildman–Crippen LogP) is 4.96. The number of carbonyl (C=O) groups excluding carboxylic acids is 1. The van der Waals surface area contributed by atoms with Crippen LogP contribution in [0.4, 0.5) is 0 Å². The van der Waals surface area contributed by atoms with Gasteiger partial charge in [0.1, 0.15) is 5.04 Å². The molecule has 0 radical (unpaired) electrons. The van der Waals surface area contributed by atoms with Crippen LogP contribution < -0.4 is 0 Å². The van der Waals surface area contributed by atoms with E-state index in [4.69, 9.17) is 5.41 Å². The number of unbranched alkanes of at least 4 members (excludes halogenated alkanes) is 1. The predicted molar refractivity (Wildman–Crippen MR) is 124 cm³/mol. The average Bonchev–Trinajstić information content (AvgIpc) is 3.26. The average molecular weight is 420 g/mol. The van der Waals surface area contributed by atoms with Crippen LogP contribution in [0.25, 0.3) is 6.08 Å². The lowest BCUT2D eigenvalue weighted by Crippen LogP contribution is -2.35. The van der Waals surface area contributed by atoms with Crippen LogP contribution in [0.1, 0.15) is 48.7 Å². The van der Waals surface area contributed by atoms with E-state index in [0.717, 1.165) is 47.8 Å². The highest BCUT2D eigenvalue weighted by Gasteiger charge is 2.35. The molecular weight excluding hydrogens is 394 g/mol. The van der Waals surface area contributed by atoms with E-state index < -0.39 is 0 Å². The van der Waals surface area contributed by atoms with Crippen molar-refractivity contribution in [2.24, 2.45) is 10.1 Å². The van der Waals surface area contributed by atoms with Gasteiger partial charge in [0.15, 0.2) is 5.84 Å². The van der Waals surface area contributed by atoms with E-state index in [-0.39, 0.29) is 17.3 Å². The molecule has 0 bridgehead atoms. The number of nitrogens with one attached hydrogen (secondary N) is 1. The first kappa shape index (κ1) is 20.3. The number of carbonyl (C=O) groups is 1. The third-order valence-corrected chi connectivity index (χ3v) is 6.30. The number of aryl methyl sites for hydroxylation is 1. The van der Waals surface area contributed by atoms with Crippen molar-refractivity contribution in [1.29, 1.82) is 5.41 Å². The smallest absolute Gasteiger partial charge is 0.283 e. The van der Waals surface area contributed by atoms with Gasteiger partial charge < -0.3 is 4.57 Å². The molecule has 2 aliphatic heterocycles. The summed E-state index contributed by atoms with van der Waals surface area (Å²) in [5.74, 6) is -0.282. The molecule has 4 rings (SSSR count). The molecule has 0 aliphatic carbocycles. The van der Waals surface area contributed by atoms with E-state index in [1.54, 1.807) is 6.08 Å². The number of hydrazone groups is 1. The second-order valence-electron chi connectivity index (χ2n) is 7.52. The standard InChI is InChI=1S/C23H25N5OS/c1-4-5-11-20-26-28-21(24)19(22(29)25-23(28)30-20)13-18-12-15(2)27(16(18)3)14-17-9-7-6-8-10-17/h6-10,12-13,24H,4-5,11,14H2,1-3H3. The normalized spacial score (nSPS) is 17.4. The van der Waals surface area contributed by atoms with E-state index in [2.05, 4.69) is 46.7 Å². The van der Waals surface area contributed by atoms with Gasteiger partial charge in [-0.1, -0.05) is 43.7 Å². The summed E-state index contributed by atoms with van der Waals surface area (Å²) >= 11 is 1.39. The minimum Gasteiger partial charge on any atom is -0.344 e.